The van der Waals surface area contributed by atoms with Crippen molar-refractivity contribution in [3.8, 4) is 0 Å². The molecule has 1 atom stereocenters. The van der Waals surface area contributed by atoms with E-state index in [4.69, 9.17) is 0 Å². The molecule has 1 aromatic rings. The molecule has 1 amide bonds. The van der Waals surface area contributed by atoms with E-state index < -0.39 is 9.84 Å². The molecule has 0 spiro atoms. The summed E-state index contributed by atoms with van der Waals surface area (Å²) in [6.07, 6.45) is 0.764. The van der Waals surface area contributed by atoms with Crippen LogP contribution in [0.5, 0.6) is 0 Å². The summed E-state index contributed by atoms with van der Waals surface area (Å²) >= 11 is 0. The molecule has 0 saturated carbocycles. The lowest BCUT2D eigenvalue weighted by molar-refractivity contribution is -0.132. The number of amides is 1. The van der Waals surface area contributed by atoms with Gasteiger partial charge in [0.25, 0.3) is 0 Å². The van der Waals surface area contributed by atoms with Gasteiger partial charge in [0.05, 0.1) is 11.5 Å². The SMILES string of the molecule is CCN(C(=O)CCNc1cccc(F)c1)C1CCS(=O)(=O)C1. The first-order chi connectivity index (χ1) is 10.4. The minimum atomic E-state index is -3.00. The molecule has 0 aliphatic carbocycles. The van der Waals surface area contributed by atoms with Gasteiger partial charge in [-0.05, 0) is 31.5 Å². The van der Waals surface area contributed by atoms with Crippen LogP contribution in [0.15, 0.2) is 24.3 Å². The highest BCUT2D eigenvalue weighted by Crippen LogP contribution is 2.18. The maximum Gasteiger partial charge on any atom is 0.224 e. The fraction of sp³-hybridized carbons (Fsp3) is 0.533. The standard InChI is InChI=1S/C15H21FN2O3S/c1-2-18(14-7-9-22(20,21)11-14)15(19)6-8-17-13-5-3-4-12(16)10-13/h3-5,10,14,17H,2,6-9,11H2,1H3. The molecule has 1 heterocycles. The van der Waals surface area contributed by atoms with Crippen LogP contribution < -0.4 is 5.32 Å². The molecule has 2 rings (SSSR count). The van der Waals surface area contributed by atoms with Gasteiger partial charge in [-0.1, -0.05) is 6.07 Å². The van der Waals surface area contributed by atoms with Crippen molar-refractivity contribution < 1.29 is 17.6 Å². The van der Waals surface area contributed by atoms with Gasteiger partial charge < -0.3 is 10.2 Å². The average Bonchev–Trinajstić information content (AvgIpc) is 2.80. The van der Waals surface area contributed by atoms with Gasteiger partial charge in [0, 0.05) is 31.2 Å². The highest BCUT2D eigenvalue weighted by Gasteiger charge is 2.33. The van der Waals surface area contributed by atoms with E-state index in [1.54, 1.807) is 17.0 Å². The Bertz CT molecular complexity index is 633. The zero-order chi connectivity index (χ0) is 16.2. The normalized spacial score (nSPS) is 19.8. The van der Waals surface area contributed by atoms with Crippen LogP contribution in [-0.4, -0.2) is 49.9 Å². The van der Waals surface area contributed by atoms with Crippen molar-refractivity contribution in [1.82, 2.24) is 4.90 Å². The van der Waals surface area contributed by atoms with Gasteiger partial charge in [-0.15, -0.1) is 0 Å². The Kier molecular flexibility index (Phi) is 5.39. The molecular weight excluding hydrogens is 307 g/mol. The summed E-state index contributed by atoms with van der Waals surface area (Å²) in [6, 6.07) is 5.84. The molecule has 7 heteroatoms. The fourth-order valence-electron chi connectivity index (χ4n) is 2.72. The molecule has 1 aliphatic heterocycles. The van der Waals surface area contributed by atoms with Crippen molar-refractivity contribution >= 4 is 21.4 Å². The minimum Gasteiger partial charge on any atom is -0.384 e. The van der Waals surface area contributed by atoms with Crippen molar-refractivity contribution in [1.29, 1.82) is 0 Å². The van der Waals surface area contributed by atoms with Crippen molar-refractivity contribution in [3.05, 3.63) is 30.1 Å². The number of carbonyl (C=O) groups is 1. The van der Waals surface area contributed by atoms with E-state index in [0.29, 0.717) is 25.2 Å². The Labute approximate surface area is 130 Å². The van der Waals surface area contributed by atoms with E-state index in [-0.39, 0.29) is 35.7 Å². The van der Waals surface area contributed by atoms with Crippen LogP contribution in [0.2, 0.25) is 0 Å². The van der Waals surface area contributed by atoms with E-state index in [1.165, 1.54) is 12.1 Å². The molecule has 1 N–H and O–H groups in total. The van der Waals surface area contributed by atoms with Crippen LogP contribution in [-0.2, 0) is 14.6 Å². The van der Waals surface area contributed by atoms with E-state index >= 15 is 0 Å². The molecule has 122 valence electrons. The average molecular weight is 328 g/mol. The second kappa shape index (κ2) is 7.09. The second-order valence-corrected chi connectivity index (χ2v) is 7.65. The molecular formula is C15H21FN2O3S. The third-order valence-corrected chi connectivity index (χ3v) is 5.55. The van der Waals surface area contributed by atoms with Gasteiger partial charge in [-0.25, -0.2) is 12.8 Å². The summed E-state index contributed by atoms with van der Waals surface area (Å²) in [6.45, 7) is 2.74. The minimum absolute atomic E-state index is 0.0594. The molecule has 1 saturated heterocycles. The van der Waals surface area contributed by atoms with Crippen LogP contribution >= 0.6 is 0 Å². The van der Waals surface area contributed by atoms with Gasteiger partial charge in [0.2, 0.25) is 5.91 Å². The van der Waals surface area contributed by atoms with Gasteiger partial charge in [0.15, 0.2) is 9.84 Å². The molecule has 1 unspecified atom stereocenters. The molecule has 5 nitrogen and oxygen atoms in total. The smallest absolute Gasteiger partial charge is 0.224 e. The highest BCUT2D eigenvalue weighted by atomic mass is 32.2. The predicted molar refractivity (Wildman–Crippen MR) is 84.0 cm³/mol. The summed E-state index contributed by atoms with van der Waals surface area (Å²) in [4.78, 5) is 13.9. The summed E-state index contributed by atoms with van der Waals surface area (Å²) in [7, 11) is -3.00. The molecule has 1 fully saturated rings. The van der Waals surface area contributed by atoms with Crippen molar-refractivity contribution in [2.24, 2.45) is 0 Å². The predicted octanol–water partition coefficient (Wildman–Crippen LogP) is 1.66. The Morgan fingerprint density at radius 3 is 2.82 bits per heavy atom. The van der Waals surface area contributed by atoms with Crippen molar-refractivity contribution in [2.45, 2.75) is 25.8 Å². The Balaban J connectivity index is 1.85. The van der Waals surface area contributed by atoms with Crippen molar-refractivity contribution in [3.63, 3.8) is 0 Å². The quantitative estimate of drug-likeness (QED) is 0.862. The first-order valence-electron chi connectivity index (χ1n) is 7.40. The number of benzene rings is 1. The molecule has 1 aliphatic rings. The fourth-order valence-corrected chi connectivity index (χ4v) is 4.45. The monoisotopic (exact) mass is 328 g/mol. The summed E-state index contributed by atoms with van der Waals surface area (Å²) in [5, 5.41) is 3.00. The largest absolute Gasteiger partial charge is 0.384 e. The molecule has 0 bridgehead atoms. The van der Waals surface area contributed by atoms with Crippen LogP contribution in [0.25, 0.3) is 0 Å². The Morgan fingerprint density at radius 1 is 1.45 bits per heavy atom. The van der Waals surface area contributed by atoms with E-state index in [0.717, 1.165) is 0 Å². The van der Waals surface area contributed by atoms with E-state index in [2.05, 4.69) is 5.32 Å². The Hall–Kier alpha value is -1.63. The zero-order valence-corrected chi connectivity index (χ0v) is 13.4. The third kappa shape index (κ3) is 4.43. The Morgan fingerprint density at radius 2 is 2.23 bits per heavy atom. The molecule has 0 radical (unpaired) electrons. The lowest BCUT2D eigenvalue weighted by atomic mass is 10.2. The van der Waals surface area contributed by atoms with Crippen molar-refractivity contribution in [2.75, 3.05) is 29.9 Å². The number of rotatable bonds is 6. The summed E-state index contributed by atoms with van der Waals surface area (Å²) in [5.41, 5.74) is 0.624. The maximum absolute atomic E-state index is 13.0. The summed E-state index contributed by atoms with van der Waals surface area (Å²) < 4.78 is 36.1. The molecule has 1 aromatic carbocycles. The van der Waals surface area contributed by atoms with Gasteiger partial charge in [0.1, 0.15) is 5.82 Å². The number of sulfone groups is 1. The highest BCUT2D eigenvalue weighted by molar-refractivity contribution is 7.91. The second-order valence-electron chi connectivity index (χ2n) is 5.42. The maximum atomic E-state index is 13.0. The zero-order valence-electron chi connectivity index (χ0n) is 12.6. The number of halogens is 1. The third-order valence-electron chi connectivity index (χ3n) is 3.80. The van der Waals surface area contributed by atoms with Gasteiger partial charge in [-0.2, -0.15) is 0 Å². The topological polar surface area (TPSA) is 66.5 Å². The number of hydrogen-bond acceptors (Lipinski definition) is 4. The molecule has 22 heavy (non-hydrogen) atoms. The summed E-state index contributed by atoms with van der Waals surface area (Å²) in [5.74, 6) is -0.191. The number of anilines is 1. The molecule has 0 aromatic heterocycles. The lowest BCUT2D eigenvalue weighted by Crippen LogP contribution is -2.41. The van der Waals surface area contributed by atoms with E-state index in [9.17, 15) is 17.6 Å². The lowest BCUT2D eigenvalue weighted by Gasteiger charge is -2.27. The van der Waals surface area contributed by atoms with Crippen LogP contribution in [0.4, 0.5) is 10.1 Å². The number of nitrogens with zero attached hydrogens (tertiary/aromatic N) is 1. The van der Waals surface area contributed by atoms with Crippen LogP contribution in [0.1, 0.15) is 19.8 Å². The first-order valence-corrected chi connectivity index (χ1v) is 9.23. The first kappa shape index (κ1) is 16.7. The van der Waals surface area contributed by atoms with Crippen LogP contribution in [0, 0.1) is 5.82 Å². The van der Waals surface area contributed by atoms with Gasteiger partial charge >= 0.3 is 0 Å². The number of carbonyl (C=O) groups excluding carboxylic acids is 1. The van der Waals surface area contributed by atoms with Gasteiger partial charge in [-0.3, -0.25) is 4.79 Å². The number of nitrogens with one attached hydrogen (secondary N) is 1. The van der Waals surface area contributed by atoms with E-state index in [1.807, 2.05) is 6.92 Å². The number of hydrogen-bond donors (Lipinski definition) is 1. The van der Waals surface area contributed by atoms with Crippen LogP contribution in [0.3, 0.4) is 0 Å².